The van der Waals surface area contributed by atoms with E-state index in [1.54, 1.807) is 26.0 Å². The molecule has 0 aliphatic rings. The van der Waals surface area contributed by atoms with Crippen LogP contribution < -0.4 is 5.32 Å². The van der Waals surface area contributed by atoms with Crippen molar-refractivity contribution >= 4 is 23.1 Å². The minimum atomic E-state index is -0.535. The van der Waals surface area contributed by atoms with Gasteiger partial charge >= 0.3 is 5.69 Å². The van der Waals surface area contributed by atoms with E-state index in [1.807, 2.05) is 0 Å². The molecule has 1 aromatic carbocycles. The molecule has 0 saturated carbocycles. The van der Waals surface area contributed by atoms with E-state index in [9.17, 15) is 14.5 Å². The highest BCUT2D eigenvalue weighted by Gasteiger charge is 2.15. The maximum absolute atomic E-state index is 13.6. The fourth-order valence-corrected chi connectivity index (χ4v) is 2.18. The third-order valence-electron chi connectivity index (χ3n) is 2.99. The van der Waals surface area contributed by atoms with Crippen LogP contribution in [-0.2, 0) is 6.54 Å². The van der Waals surface area contributed by atoms with Crippen molar-refractivity contribution in [3.63, 3.8) is 0 Å². The van der Waals surface area contributed by atoms with Gasteiger partial charge < -0.3 is 5.32 Å². The lowest BCUT2D eigenvalue weighted by molar-refractivity contribution is -0.384. The fourth-order valence-electron chi connectivity index (χ4n) is 2.03. The highest BCUT2D eigenvalue weighted by molar-refractivity contribution is 6.29. The number of anilines is 1. The summed E-state index contributed by atoms with van der Waals surface area (Å²) in [5, 5.41) is 14.0. The van der Waals surface area contributed by atoms with Crippen molar-refractivity contribution in [3.05, 3.63) is 62.0 Å². The Morgan fingerprint density at radius 2 is 1.95 bits per heavy atom. The number of benzene rings is 1. The van der Waals surface area contributed by atoms with Gasteiger partial charge in [0.05, 0.1) is 4.92 Å². The van der Waals surface area contributed by atoms with Crippen LogP contribution in [0.1, 0.15) is 16.7 Å². The summed E-state index contributed by atoms with van der Waals surface area (Å²) < 4.78 is 13.6. The average Bonchev–Trinajstić information content (AvgIpc) is 2.42. The quantitative estimate of drug-likeness (QED) is 0.526. The summed E-state index contributed by atoms with van der Waals surface area (Å²) in [6.45, 7) is 3.63. The lowest BCUT2D eigenvalue weighted by atomic mass is 10.1. The molecular weight excluding hydrogens is 297 g/mol. The predicted octanol–water partition coefficient (Wildman–Crippen LogP) is 4.01. The molecule has 0 bridgehead atoms. The van der Waals surface area contributed by atoms with Crippen molar-refractivity contribution in [1.82, 2.24) is 4.98 Å². The Labute approximate surface area is 125 Å². The molecule has 2 rings (SSSR count). The van der Waals surface area contributed by atoms with Crippen LogP contribution in [0.3, 0.4) is 0 Å². The number of halogens is 2. The summed E-state index contributed by atoms with van der Waals surface area (Å²) in [6.07, 6.45) is 0. The summed E-state index contributed by atoms with van der Waals surface area (Å²) in [5.41, 5.74) is 1.71. The smallest absolute Gasteiger partial charge is 0.311 e. The van der Waals surface area contributed by atoms with Gasteiger partial charge in [-0.25, -0.2) is 9.37 Å². The van der Waals surface area contributed by atoms with Crippen molar-refractivity contribution in [2.45, 2.75) is 20.4 Å². The zero-order chi connectivity index (χ0) is 15.6. The minimum absolute atomic E-state index is 0.0899. The Bertz CT molecular complexity index is 684. The van der Waals surface area contributed by atoms with Crippen LogP contribution in [0, 0.1) is 29.8 Å². The Kier molecular flexibility index (Phi) is 4.37. The number of pyridine rings is 1. The number of nitrogens with zero attached hydrogens (tertiary/aromatic N) is 2. The topological polar surface area (TPSA) is 68.1 Å². The van der Waals surface area contributed by atoms with E-state index in [0.717, 1.165) is 5.56 Å². The molecule has 21 heavy (non-hydrogen) atoms. The second-order valence-electron chi connectivity index (χ2n) is 4.66. The lowest BCUT2D eigenvalue weighted by Gasteiger charge is -2.09. The standard InChI is InChI=1S/C14H13ClFN3O2/c1-8-5-10(6-9(2)13(8)16)7-17-14-11(19(20)21)3-4-12(15)18-14/h3-6H,7H2,1-2H3,(H,17,18). The number of hydrogen-bond acceptors (Lipinski definition) is 4. The summed E-state index contributed by atoms with van der Waals surface area (Å²) in [6, 6.07) is 6.02. The molecule has 0 aliphatic carbocycles. The van der Waals surface area contributed by atoms with Gasteiger partial charge in [0.25, 0.3) is 0 Å². The Morgan fingerprint density at radius 1 is 1.33 bits per heavy atom. The molecule has 0 aliphatic heterocycles. The van der Waals surface area contributed by atoms with E-state index >= 15 is 0 Å². The Hall–Kier alpha value is -2.21. The van der Waals surface area contributed by atoms with Gasteiger partial charge in [0.1, 0.15) is 11.0 Å². The van der Waals surface area contributed by atoms with E-state index in [0.29, 0.717) is 11.1 Å². The van der Waals surface area contributed by atoms with Crippen LogP contribution in [0.4, 0.5) is 15.9 Å². The van der Waals surface area contributed by atoms with Gasteiger partial charge in [-0.2, -0.15) is 0 Å². The first kappa shape index (κ1) is 15.2. The van der Waals surface area contributed by atoms with Crippen LogP contribution in [0.2, 0.25) is 5.15 Å². The molecule has 1 N–H and O–H groups in total. The molecule has 7 heteroatoms. The zero-order valence-electron chi connectivity index (χ0n) is 11.5. The van der Waals surface area contributed by atoms with Crippen molar-refractivity contribution < 1.29 is 9.31 Å². The molecule has 0 amide bonds. The molecule has 0 spiro atoms. The van der Waals surface area contributed by atoms with Gasteiger partial charge in [0.2, 0.25) is 5.82 Å². The molecule has 0 radical (unpaired) electrons. The van der Waals surface area contributed by atoms with Crippen LogP contribution in [0.15, 0.2) is 24.3 Å². The SMILES string of the molecule is Cc1cc(CNc2nc(Cl)ccc2[N+](=O)[O-])cc(C)c1F. The van der Waals surface area contributed by atoms with Gasteiger partial charge in [-0.15, -0.1) is 0 Å². The highest BCUT2D eigenvalue weighted by Crippen LogP contribution is 2.25. The van der Waals surface area contributed by atoms with Crippen molar-refractivity contribution in [3.8, 4) is 0 Å². The number of rotatable bonds is 4. The summed E-state index contributed by atoms with van der Waals surface area (Å²) >= 11 is 5.75. The van der Waals surface area contributed by atoms with Crippen LogP contribution in [0.25, 0.3) is 0 Å². The first-order chi connectivity index (χ1) is 9.88. The molecule has 1 aromatic heterocycles. The Morgan fingerprint density at radius 3 is 2.52 bits per heavy atom. The van der Waals surface area contributed by atoms with E-state index < -0.39 is 4.92 Å². The number of aromatic nitrogens is 1. The largest absolute Gasteiger partial charge is 0.360 e. The van der Waals surface area contributed by atoms with Gasteiger partial charge in [0, 0.05) is 12.6 Å². The third-order valence-corrected chi connectivity index (χ3v) is 3.20. The molecule has 2 aromatic rings. The van der Waals surface area contributed by atoms with Gasteiger partial charge in [-0.3, -0.25) is 10.1 Å². The van der Waals surface area contributed by atoms with Gasteiger partial charge in [-0.1, -0.05) is 23.7 Å². The second-order valence-corrected chi connectivity index (χ2v) is 5.04. The van der Waals surface area contributed by atoms with Crippen LogP contribution in [0.5, 0.6) is 0 Å². The summed E-state index contributed by atoms with van der Waals surface area (Å²) in [5.74, 6) is -0.155. The summed E-state index contributed by atoms with van der Waals surface area (Å²) in [4.78, 5) is 14.3. The summed E-state index contributed by atoms with van der Waals surface area (Å²) in [7, 11) is 0. The molecule has 1 heterocycles. The monoisotopic (exact) mass is 309 g/mol. The average molecular weight is 310 g/mol. The molecule has 5 nitrogen and oxygen atoms in total. The second kappa shape index (κ2) is 6.05. The molecule has 0 unspecified atom stereocenters. The fraction of sp³-hybridized carbons (Fsp3) is 0.214. The molecule has 0 atom stereocenters. The molecular formula is C14H13ClFN3O2. The minimum Gasteiger partial charge on any atom is -0.360 e. The van der Waals surface area contributed by atoms with Crippen LogP contribution in [-0.4, -0.2) is 9.91 Å². The van der Waals surface area contributed by atoms with E-state index in [4.69, 9.17) is 11.6 Å². The van der Waals surface area contributed by atoms with E-state index in [-0.39, 0.29) is 29.0 Å². The Balaban J connectivity index is 2.24. The third kappa shape index (κ3) is 3.46. The molecule has 0 saturated heterocycles. The molecule has 110 valence electrons. The highest BCUT2D eigenvalue weighted by atomic mass is 35.5. The van der Waals surface area contributed by atoms with E-state index in [2.05, 4.69) is 10.3 Å². The lowest BCUT2D eigenvalue weighted by Crippen LogP contribution is -2.06. The van der Waals surface area contributed by atoms with Gasteiger partial charge in [-0.05, 0) is 36.6 Å². The first-order valence-corrected chi connectivity index (χ1v) is 6.56. The number of aryl methyl sites for hydroxylation is 2. The maximum Gasteiger partial charge on any atom is 0.311 e. The van der Waals surface area contributed by atoms with Crippen LogP contribution >= 0.6 is 11.6 Å². The normalized spacial score (nSPS) is 10.5. The van der Waals surface area contributed by atoms with Crippen molar-refractivity contribution in [2.75, 3.05) is 5.32 Å². The number of hydrogen-bond donors (Lipinski definition) is 1. The predicted molar refractivity (Wildman–Crippen MR) is 79.1 cm³/mol. The van der Waals surface area contributed by atoms with E-state index in [1.165, 1.54) is 12.1 Å². The molecule has 0 fully saturated rings. The van der Waals surface area contributed by atoms with Crippen molar-refractivity contribution in [1.29, 1.82) is 0 Å². The van der Waals surface area contributed by atoms with Gasteiger partial charge in [0.15, 0.2) is 0 Å². The zero-order valence-corrected chi connectivity index (χ0v) is 12.2. The number of nitrogens with one attached hydrogen (secondary N) is 1. The number of nitro groups is 1. The van der Waals surface area contributed by atoms with Crippen molar-refractivity contribution in [2.24, 2.45) is 0 Å². The first-order valence-electron chi connectivity index (χ1n) is 6.19. The maximum atomic E-state index is 13.6.